The Bertz CT molecular complexity index is 969. The third-order valence-electron chi connectivity index (χ3n) is 5.10. The lowest BCUT2D eigenvalue weighted by Crippen LogP contribution is -2.48. The van der Waals surface area contributed by atoms with Gasteiger partial charge in [0.25, 0.3) is 5.69 Å². The molecule has 1 N–H and O–H groups in total. The van der Waals surface area contributed by atoms with Gasteiger partial charge < -0.3 is 10.2 Å². The molecule has 28 heavy (non-hydrogen) atoms. The molecule has 0 bridgehead atoms. The van der Waals surface area contributed by atoms with Gasteiger partial charge in [-0.3, -0.25) is 10.1 Å². The van der Waals surface area contributed by atoms with Crippen molar-refractivity contribution in [3.63, 3.8) is 0 Å². The molecular formula is C19H22N4O4S. The van der Waals surface area contributed by atoms with Crippen LogP contribution in [-0.4, -0.2) is 49.9 Å². The highest BCUT2D eigenvalue weighted by molar-refractivity contribution is 7.89. The molecule has 1 saturated heterocycles. The highest BCUT2D eigenvalue weighted by atomic mass is 32.2. The van der Waals surface area contributed by atoms with Crippen molar-refractivity contribution in [2.75, 3.05) is 36.4 Å². The Morgan fingerprint density at radius 1 is 1.00 bits per heavy atom. The van der Waals surface area contributed by atoms with Crippen LogP contribution in [0.25, 0.3) is 0 Å². The predicted molar refractivity (Wildman–Crippen MR) is 107 cm³/mol. The zero-order valence-electron chi connectivity index (χ0n) is 15.3. The Balaban J connectivity index is 1.48. The van der Waals surface area contributed by atoms with Gasteiger partial charge in [-0.05, 0) is 37.1 Å². The highest BCUT2D eigenvalue weighted by Gasteiger charge is 2.30. The van der Waals surface area contributed by atoms with Crippen molar-refractivity contribution in [3.05, 3.63) is 58.6 Å². The minimum absolute atomic E-state index is 0.0703. The van der Waals surface area contributed by atoms with E-state index in [0.29, 0.717) is 42.8 Å². The Morgan fingerprint density at radius 3 is 2.29 bits per heavy atom. The molecule has 1 aliphatic heterocycles. The third kappa shape index (κ3) is 3.81. The summed E-state index contributed by atoms with van der Waals surface area (Å²) in [6.07, 6.45) is 2.05. The molecule has 0 spiro atoms. The Labute approximate surface area is 164 Å². The highest BCUT2D eigenvalue weighted by Crippen LogP contribution is 2.34. The lowest BCUT2D eigenvalue weighted by atomic mass is 10.2. The van der Waals surface area contributed by atoms with Crippen LogP contribution in [0.4, 0.5) is 17.1 Å². The van der Waals surface area contributed by atoms with E-state index >= 15 is 0 Å². The van der Waals surface area contributed by atoms with Gasteiger partial charge in [0, 0.05) is 44.0 Å². The number of rotatable bonds is 6. The number of hydrogen-bond acceptors (Lipinski definition) is 6. The van der Waals surface area contributed by atoms with Gasteiger partial charge in [0.05, 0.1) is 9.82 Å². The molecule has 9 heteroatoms. The van der Waals surface area contributed by atoms with E-state index in [1.165, 1.54) is 10.4 Å². The number of nitrogens with zero attached hydrogens (tertiary/aromatic N) is 3. The van der Waals surface area contributed by atoms with Crippen LogP contribution in [0.1, 0.15) is 12.8 Å². The first-order valence-electron chi connectivity index (χ1n) is 9.30. The number of benzene rings is 2. The van der Waals surface area contributed by atoms with E-state index in [4.69, 9.17) is 0 Å². The maximum Gasteiger partial charge on any atom is 0.292 e. The first-order valence-corrected chi connectivity index (χ1v) is 10.7. The summed E-state index contributed by atoms with van der Waals surface area (Å²) in [5.74, 6) is 0. The minimum atomic E-state index is -3.50. The molecule has 0 unspecified atom stereocenters. The smallest absolute Gasteiger partial charge is 0.292 e. The number of nitro benzene ring substituents is 1. The third-order valence-corrected chi connectivity index (χ3v) is 7.01. The van der Waals surface area contributed by atoms with Gasteiger partial charge in [0.2, 0.25) is 10.0 Å². The Kier molecular flexibility index (Phi) is 4.94. The van der Waals surface area contributed by atoms with E-state index in [-0.39, 0.29) is 10.6 Å². The maximum absolute atomic E-state index is 12.8. The summed E-state index contributed by atoms with van der Waals surface area (Å²) in [6, 6.07) is 13.8. The van der Waals surface area contributed by atoms with Crippen LogP contribution >= 0.6 is 0 Å². The molecule has 2 aliphatic rings. The number of hydrogen-bond donors (Lipinski definition) is 1. The number of nitro groups is 1. The first kappa shape index (κ1) is 18.7. The Morgan fingerprint density at radius 2 is 1.68 bits per heavy atom. The summed E-state index contributed by atoms with van der Waals surface area (Å²) < 4.78 is 27.0. The fraction of sp³-hybridized carbons (Fsp3) is 0.368. The summed E-state index contributed by atoms with van der Waals surface area (Å²) in [5, 5.41) is 14.5. The van der Waals surface area contributed by atoms with Crippen molar-refractivity contribution in [2.24, 2.45) is 0 Å². The predicted octanol–water partition coefficient (Wildman–Crippen LogP) is 2.68. The second-order valence-electron chi connectivity index (χ2n) is 7.08. The fourth-order valence-electron chi connectivity index (χ4n) is 3.37. The summed E-state index contributed by atoms with van der Waals surface area (Å²) in [4.78, 5) is 13.3. The summed E-state index contributed by atoms with van der Waals surface area (Å²) in [5.41, 5.74) is 1.47. The van der Waals surface area contributed by atoms with Gasteiger partial charge >= 0.3 is 0 Å². The van der Waals surface area contributed by atoms with Crippen LogP contribution in [-0.2, 0) is 10.0 Å². The van der Waals surface area contributed by atoms with Crippen LogP contribution in [0.5, 0.6) is 0 Å². The standard InChI is InChI=1S/C19H22N4O4S/c24-23(25)19-9-8-16(14-18(19)20-15-6-7-15)21-10-12-22(13-11-21)28(26,27)17-4-2-1-3-5-17/h1-5,8-9,14-15,20H,6-7,10-13H2. The largest absolute Gasteiger partial charge is 0.377 e. The van der Waals surface area contributed by atoms with Gasteiger partial charge in [0.1, 0.15) is 5.69 Å². The van der Waals surface area contributed by atoms with E-state index in [0.717, 1.165) is 18.5 Å². The molecule has 1 aliphatic carbocycles. The average Bonchev–Trinajstić information content (AvgIpc) is 3.52. The van der Waals surface area contributed by atoms with Crippen molar-refractivity contribution < 1.29 is 13.3 Å². The summed E-state index contributed by atoms with van der Waals surface area (Å²) >= 11 is 0. The van der Waals surface area contributed by atoms with Crippen LogP contribution < -0.4 is 10.2 Å². The molecule has 8 nitrogen and oxygen atoms in total. The summed E-state index contributed by atoms with van der Waals surface area (Å²) in [6.45, 7) is 1.82. The van der Waals surface area contributed by atoms with Crippen LogP contribution in [0, 0.1) is 10.1 Å². The number of piperazine rings is 1. The van der Waals surface area contributed by atoms with Gasteiger partial charge in [-0.15, -0.1) is 0 Å². The van der Waals surface area contributed by atoms with Crippen molar-refractivity contribution >= 4 is 27.1 Å². The molecule has 2 aromatic rings. The van der Waals surface area contributed by atoms with Crippen molar-refractivity contribution in [1.82, 2.24) is 4.31 Å². The monoisotopic (exact) mass is 402 g/mol. The molecule has 4 rings (SSSR count). The first-order chi connectivity index (χ1) is 13.4. The molecular weight excluding hydrogens is 380 g/mol. The minimum Gasteiger partial charge on any atom is -0.377 e. The van der Waals surface area contributed by atoms with Crippen molar-refractivity contribution in [3.8, 4) is 0 Å². The lowest BCUT2D eigenvalue weighted by molar-refractivity contribution is -0.384. The van der Waals surface area contributed by atoms with Crippen LogP contribution in [0.2, 0.25) is 0 Å². The molecule has 0 radical (unpaired) electrons. The lowest BCUT2D eigenvalue weighted by Gasteiger charge is -2.35. The van der Waals surface area contributed by atoms with E-state index in [2.05, 4.69) is 10.2 Å². The van der Waals surface area contributed by atoms with Gasteiger partial charge in [-0.2, -0.15) is 4.31 Å². The average molecular weight is 402 g/mol. The molecule has 0 amide bonds. The maximum atomic E-state index is 12.8. The normalized spacial score (nSPS) is 18.1. The zero-order valence-corrected chi connectivity index (χ0v) is 16.1. The molecule has 0 aromatic heterocycles. The fourth-order valence-corrected chi connectivity index (χ4v) is 4.81. The molecule has 1 saturated carbocycles. The van der Waals surface area contributed by atoms with E-state index in [1.54, 1.807) is 42.5 Å². The second kappa shape index (κ2) is 7.40. The molecule has 2 fully saturated rings. The van der Waals surface area contributed by atoms with E-state index in [1.807, 2.05) is 0 Å². The molecule has 2 aromatic carbocycles. The van der Waals surface area contributed by atoms with Crippen LogP contribution in [0.15, 0.2) is 53.4 Å². The van der Waals surface area contributed by atoms with Crippen molar-refractivity contribution in [1.29, 1.82) is 0 Å². The van der Waals surface area contributed by atoms with Crippen molar-refractivity contribution in [2.45, 2.75) is 23.8 Å². The van der Waals surface area contributed by atoms with E-state index in [9.17, 15) is 18.5 Å². The van der Waals surface area contributed by atoms with Gasteiger partial charge in [-0.25, -0.2) is 8.42 Å². The topological polar surface area (TPSA) is 95.8 Å². The quantitative estimate of drug-likeness (QED) is 0.590. The molecule has 148 valence electrons. The number of sulfonamides is 1. The molecule has 1 heterocycles. The second-order valence-corrected chi connectivity index (χ2v) is 9.02. The molecule has 0 atom stereocenters. The Hall–Kier alpha value is -2.65. The van der Waals surface area contributed by atoms with Gasteiger partial charge in [0.15, 0.2) is 0 Å². The van der Waals surface area contributed by atoms with Crippen LogP contribution in [0.3, 0.4) is 0 Å². The number of anilines is 2. The number of nitrogens with one attached hydrogen (secondary N) is 1. The zero-order chi connectivity index (χ0) is 19.7. The summed E-state index contributed by atoms with van der Waals surface area (Å²) in [7, 11) is -3.50. The van der Waals surface area contributed by atoms with E-state index < -0.39 is 10.0 Å². The SMILES string of the molecule is O=[N+]([O-])c1ccc(N2CCN(S(=O)(=O)c3ccccc3)CC2)cc1NC1CC1. The van der Waals surface area contributed by atoms with Gasteiger partial charge in [-0.1, -0.05) is 18.2 Å².